The van der Waals surface area contributed by atoms with Gasteiger partial charge in [0.1, 0.15) is 5.82 Å². The molecule has 13 heavy (non-hydrogen) atoms. The molecule has 1 aromatic heterocycles. The summed E-state index contributed by atoms with van der Waals surface area (Å²) in [6.07, 6.45) is -3.91. The first-order chi connectivity index (χ1) is 6.04. The predicted molar refractivity (Wildman–Crippen MR) is 35.2 cm³/mol. The Balaban J connectivity index is 3.00. The Morgan fingerprint density at radius 2 is 2.23 bits per heavy atom. The van der Waals surface area contributed by atoms with Gasteiger partial charge in [-0.3, -0.25) is 0 Å². The van der Waals surface area contributed by atoms with Gasteiger partial charge in [-0.15, -0.1) is 0 Å². The van der Waals surface area contributed by atoms with Gasteiger partial charge < -0.3 is 0 Å². The van der Waals surface area contributed by atoms with Crippen LogP contribution in [0.15, 0.2) is 6.20 Å². The minimum Gasteiger partial charge on any atom is -0.240 e. The minimum absolute atomic E-state index is 0.145. The normalized spacial score (nSPS) is 10.9. The Kier molecular flexibility index (Phi) is 2.46. The molecule has 0 fully saturated rings. The van der Waals surface area contributed by atoms with E-state index in [1.807, 2.05) is 6.07 Å². The average molecular weight is 186 g/mol. The molecule has 6 heteroatoms. The van der Waals surface area contributed by atoms with Crippen molar-refractivity contribution in [3.63, 3.8) is 0 Å². The summed E-state index contributed by atoms with van der Waals surface area (Å²) < 4.78 is 36.0. The maximum Gasteiger partial charge on any atom is 0.434 e. The fraction of sp³-hybridized carbons (Fsp3) is 0.286. The molecule has 0 aliphatic carbocycles. The molecule has 0 spiro atoms. The largest absolute Gasteiger partial charge is 0.434 e. The molecule has 0 saturated carbocycles. The fourth-order valence-corrected chi connectivity index (χ4v) is 0.659. The van der Waals surface area contributed by atoms with Crippen LogP contribution in [0.5, 0.6) is 0 Å². The van der Waals surface area contributed by atoms with E-state index in [0.29, 0.717) is 0 Å². The smallest absolute Gasteiger partial charge is 0.240 e. The molecule has 1 radical (unpaired) electrons. The van der Waals surface area contributed by atoms with Crippen LogP contribution in [0.1, 0.15) is 11.5 Å². The van der Waals surface area contributed by atoms with Gasteiger partial charge in [-0.2, -0.15) is 18.4 Å². The maximum atomic E-state index is 12.0. The van der Waals surface area contributed by atoms with Crippen LogP contribution >= 0.6 is 0 Å². The van der Waals surface area contributed by atoms with Crippen LogP contribution in [-0.4, -0.2) is 9.97 Å². The van der Waals surface area contributed by atoms with Crippen LogP contribution in [0.25, 0.3) is 0 Å². The first-order valence-electron chi connectivity index (χ1n) is 3.22. The molecule has 0 atom stereocenters. The zero-order valence-electron chi connectivity index (χ0n) is 6.26. The summed E-state index contributed by atoms with van der Waals surface area (Å²) in [4.78, 5) is 6.57. The van der Waals surface area contributed by atoms with Gasteiger partial charge in [0.2, 0.25) is 0 Å². The Hall–Kier alpha value is -1.64. The van der Waals surface area contributed by atoms with Crippen molar-refractivity contribution >= 4 is 0 Å². The Labute approximate surface area is 71.9 Å². The standard InChI is InChI=1S/C7H3F3N3/c8-7(9,10)5-2-4-12-6(13-5)1-3-11/h4H,1H2. The highest BCUT2D eigenvalue weighted by atomic mass is 19.4. The SMILES string of the molecule is N#CCc1nc[c]c(C(F)(F)F)n1. The molecule has 0 unspecified atom stereocenters. The van der Waals surface area contributed by atoms with E-state index in [2.05, 4.69) is 9.97 Å². The molecule has 0 aliphatic rings. The van der Waals surface area contributed by atoms with Gasteiger partial charge in [0.05, 0.1) is 12.5 Å². The maximum absolute atomic E-state index is 12.0. The number of nitrogens with zero attached hydrogens (tertiary/aromatic N) is 3. The Bertz CT molecular complexity index is 340. The van der Waals surface area contributed by atoms with Gasteiger partial charge >= 0.3 is 6.18 Å². The molecule has 0 bridgehead atoms. The third kappa shape index (κ3) is 2.40. The van der Waals surface area contributed by atoms with E-state index in [-0.39, 0.29) is 12.2 Å². The van der Waals surface area contributed by atoms with E-state index in [0.717, 1.165) is 6.20 Å². The number of rotatable bonds is 1. The van der Waals surface area contributed by atoms with E-state index in [9.17, 15) is 13.2 Å². The highest BCUT2D eigenvalue weighted by Gasteiger charge is 2.32. The van der Waals surface area contributed by atoms with Crippen molar-refractivity contribution < 1.29 is 13.2 Å². The van der Waals surface area contributed by atoms with Crippen LogP contribution in [0.2, 0.25) is 0 Å². The number of hydrogen-bond acceptors (Lipinski definition) is 3. The van der Waals surface area contributed by atoms with Crippen LogP contribution in [0, 0.1) is 17.4 Å². The second kappa shape index (κ2) is 3.39. The molecule has 0 saturated heterocycles. The first kappa shape index (κ1) is 9.45. The van der Waals surface area contributed by atoms with Crippen molar-refractivity contribution in [1.82, 2.24) is 9.97 Å². The molecule has 1 rings (SSSR count). The molecule has 0 N–H and O–H groups in total. The number of halogens is 3. The minimum atomic E-state index is -4.53. The molecule has 1 heterocycles. The summed E-state index contributed by atoms with van der Waals surface area (Å²) in [5.74, 6) is -0.145. The van der Waals surface area contributed by atoms with Crippen LogP contribution in [-0.2, 0) is 12.6 Å². The molecule has 67 valence electrons. The lowest BCUT2D eigenvalue weighted by Gasteiger charge is -2.04. The zero-order chi connectivity index (χ0) is 9.90. The third-order valence-electron chi connectivity index (χ3n) is 1.16. The second-order valence-corrected chi connectivity index (χ2v) is 2.11. The van der Waals surface area contributed by atoms with Crippen LogP contribution in [0.4, 0.5) is 13.2 Å². The van der Waals surface area contributed by atoms with Gasteiger partial charge in [-0.05, 0) is 0 Å². The summed E-state index contributed by atoms with van der Waals surface area (Å²) >= 11 is 0. The lowest BCUT2D eigenvalue weighted by atomic mass is 10.3. The predicted octanol–water partition coefficient (Wildman–Crippen LogP) is 1.36. The van der Waals surface area contributed by atoms with Gasteiger partial charge in [0.25, 0.3) is 0 Å². The van der Waals surface area contributed by atoms with Gasteiger partial charge in [0, 0.05) is 12.3 Å². The highest BCUT2D eigenvalue weighted by molar-refractivity contribution is 5.06. The number of nitriles is 1. The van der Waals surface area contributed by atoms with Crippen LogP contribution in [0.3, 0.4) is 0 Å². The third-order valence-corrected chi connectivity index (χ3v) is 1.16. The van der Waals surface area contributed by atoms with Gasteiger partial charge in [0.15, 0.2) is 5.69 Å². The zero-order valence-corrected chi connectivity index (χ0v) is 6.26. The van der Waals surface area contributed by atoms with E-state index in [1.165, 1.54) is 0 Å². The number of hydrogen-bond donors (Lipinski definition) is 0. The van der Waals surface area contributed by atoms with Crippen molar-refractivity contribution in [2.75, 3.05) is 0 Å². The molecule has 0 amide bonds. The molecule has 0 aliphatic heterocycles. The number of aromatic nitrogens is 2. The summed E-state index contributed by atoms with van der Waals surface area (Å²) in [6, 6.07) is 3.51. The molecule has 3 nitrogen and oxygen atoms in total. The summed E-state index contributed by atoms with van der Waals surface area (Å²) in [7, 11) is 0. The lowest BCUT2D eigenvalue weighted by molar-refractivity contribution is -0.141. The van der Waals surface area contributed by atoms with Crippen molar-refractivity contribution in [3.8, 4) is 6.07 Å². The quantitative estimate of drug-likeness (QED) is 0.665. The lowest BCUT2D eigenvalue weighted by Crippen LogP contribution is -2.10. The van der Waals surface area contributed by atoms with Crippen molar-refractivity contribution in [2.24, 2.45) is 0 Å². The van der Waals surface area contributed by atoms with Crippen molar-refractivity contribution in [2.45, 2.75) is 12.6 Å². The van der Waals surface area contributed by atoms with E-state index in [4.69, 9.17) is 5.26 Å². The van der Waals surface area contributed by atoms with E-state index < -0.39 is 11.9 Å². The molecule has 1 aromatic rings. The highest BCUT2D eigenvalue weighted by Crippen LogP contribution is 2.26. The number of alkyl halides is 3. The summed E-state index contributed by atoms with van der Waals surface area (Å²) in [5, 5.41) is 8.19. The molecular weight excluding hydrogens is 183 g/mol. The Morgan fingerprint density at radius 1 is 1.54 bits per heavy atom. The average Bonchev–Trinajstić information content (AvgIpc) is 2.04. The first-order valence-corrected chi connectivity index (χ1v) is 3.22. The van der Waals surface area contributed by atoms with E-state index in [1.54, 1.807) is 6.07 Å². The van der Waals surface area contributed by atoms with Gasteiger partial charge in [-0.25, -0.2) is 9.97 Å². The fourth-order valence-electron chi connectivity index (χ4n) is 0.659. The monoisotopic (exact) mass is 186 g/mol. The van der Waals surface area contributed by atoms with E-state index >= 15 is 0 Å². The summed E-state index contributed by atoms with van der Waals surface area (Å²) in [5.41, 5.74) is -1.15. The van der Waals surface area contributed by atoms with Crippen molar-refractivity contribution in [3.05, 3.63) is 23.8 Å². The van der Waals surface area contributed by atoms with Crippen molar-refractivity contribution in [1.29, 1.82) is 5.26 Å². The topological polar surface area (TPSA) is 49.6 Å². The summed E-state index contributed by atoms with van der Waals surface area (Å²) in [6.45, 7) is 0. The molecular formula is C7H3F3N3. The molecule has 0 aromatic carbocycles. The van der Waals surface area contributed by atoms with Gasteiger partial charge in [-0.1, -0.05) is 0 Å². The Morgan fingerprint density at radius 3 is 2.77 bits per heavy atom. The van der Waals surface area contributed by atoms with Crippen LogP contribution < -0.4 is 0 Å². The second-order valence-electron chi connectivity index (χ2n) is 2.11.